The van der Waals surface area contributed by atoms with Crippen molar-refractivity contribution >= 4 is 0 Å². The van der Waals surface area contributed by atoms with Crippen LogP contribution in [0.2, 0.25) is 0 Å². The standard InChI is InChI=1S/C25H30N2O/c28-24-23(27-15-7-2-8-16-27)21-11-5-6-12-22(21)25(24)13-17-26(18-14-25)19-20-9-3-1-4-10-20/h1-7,9-12,23-24,28H,8,13-19H2/t23-,24+/m1/s1. The quantitative estimate of drug-likeness (QED) is 0.826. The Balaban J connectivity index is 1.38. The third-order valence-electron chi connectivity index (χ3n) is 7.16. The van der Waals surface area contributed by atoms with Crippen LogP contribution in [0.25, 0.3) is 0 Å². The molecular formula is C25H30N2O. The van der Waals surface area contributed by atoms with Gasteiger partial charge in [0.25, 0.3) is 0 Å². The lowest BCUT2D eigenvalue weighted by Crippen LogP contribution is -2.50. The maximum atomic E-state index is 11.6. The van der Waals surface area contributed by atoms with E-state index in [-0.39, 0.29) is 17.6 Å². The van der Waals surface area contributed by atoms with Gasteiger partial charge in [0.15, 0.2) is 0 Å². The lowest BCUT2D eigenvalue weighted by atomic mass is 9.72. The van der Waals surface area contributed by atoms with Crippen LogP contribution in [0.5, 0.6) is 0 Å². The molecule has 0 radical (unpaired) electrons. The maximum Gasteiger partial charge on any atom is 0.0834 e. The third-order valence-corrected chi connectivity index (χ3v) is 7.16. The van der Waals surface area contributed by atoms with Gasteiger partial charge in [0, 0.05) is 25.0 Å². The smallest absolute Gasteiger partial charge is 0.0834 e. The van der Waals surface area contributed by atoms with E-state index in [4.69, 9.17) is 0 Å². The highest BCUT2D eigenvalue weighted by molar-refractivity contribution is 5.45. The molecule has 5 rings (SSSR count). The van der Waals surface area contributed by atoms with Crippen LogP contribution in [-0.2, 0) is 12.0 Å². The number of likely N-dealkylation sites (tertiary alicyclic amines) is 1. The van der Waals surface area contributed by atoms with Gasteiger partial charge in [-0.3, -0.25) is 9.80 Å². The van der Waals surface area contributed by atoms with Crippen molar-refractivity contribution in [3.63, 3.8) is 0 Å². The molecule has 1 N–H and O–H groups in total. The van der Waals surface area contributed by atoms with E-state index < -0.39 is 0 Å². The van der Waals surface area contributed by atoms with E-state index in [2.05, 4.69) is 76.5 Å². The van der Waals surface area contributed by atoms with Gasteiger partial charge in [0.05, 0.1) is 12.1 Å². The average Bonchev–Trinajstić information content (AvgIpc) is 2.99. The summed E-state index contributed by atoms with van der Waals surface area (Å²) in [6.07, 6.45) is 7.38. The molecule has 146 valence electrons. The Labute approximate surface area is 168 Å². The van der Waals surface area contributed by atoms with Crippen LogP contribution in [0.15, 0.2) is 66.7 Å². The molecule has 3 aliphatic rings. The van der Waals surface area contributed by atoms with Crippen molar-refractivity contribution < 1.29 is 5.11 Å². The highest BCUT2D eigenvalue weighted by atomic mass is 16.3. The van der Waals surface area contributed by atoms with Crippen LogP contribution < -0.4 is 0 Å². The summed E-state index contributed by atoms with van der Waals surface area (Å²) in [5.74, 6) is 0. The Bertz CT molecular complexity index is 839. The molecule has 3 nitrogen and oxygen atoms in total. The molecule has 0 bridgehead atoms. The lowest BCUT2D eigenvalue weighted by molar-refractivity contribution is -0.0141. The molecule has 1 saturated heterocycles. The molecule has 2 atom stereocenters. The molecule has 0 saturated carbocycles. The van der Waals surface area contributed by atoms with Gasteiger partial charge in [-0.2, -0.15) is 0 Å². The van der Waals surface area contributed by atoms with Gasteiger partial charge in [-0.05, 0) is 49.0 Å². The van der Waals surface area contributed by atoms with E-state index in [0.717, 1.165) is 52.0 Å². The van der Waals surface area contributed by atoms with Crippen molar-refractivity contribution in [1.82, 2.24) is 9.80 Å². The number of fused-ring (bicyclic) bond motifs is 2. The summed E-state index contributed by atoms with van der Waals surface area (Å²) in [6, 6.07) is 19.7. The number of rotatable bonds is 3. The summed E-state index contributed by atoms with van der Waals surface area (Å²) in [5.41, 5.74) is 4.06. The van der Waals surface area contributed by atoms with E-state index in [1.807, 2.05) is 0 Å². The number of aliphatic hydroxyl groups excluding tert-OH is 1. The van der Waals surface area contributed by atoms with Crippen molar-refractivity contribution in [2.75, 3.05) is 26.2 Å². The zero-order valence-corrected chi connectivity index (χ0v) is 16.5. The molecule has 0 amide bonds. The monoisotopic (exact) mass is 374 g/mol. The van der Waals surface area contributed by atoms with Crippen LogP contribution in [0.3, 0.4) is 0 Å². The van der Waals surface area contributed by atoms with Gasteiger partial charge in [-0.15, -0.1) is 0 Å². The number of aliphatic hydroxyl groups is 1. The van der Waals surface area contributed by atoms with Crippen LogP contribution >= 0.6 is 0 Å². The molecule has 1 aliphatic carbocycles. The number of piperidine rings is 1. The minimum Gasteiger partial charge on any atom is -0.390 e. The first-order chi connectivity index (χ1) is 13.8. The fourth-order valence-corrected chi connectivity index (χ4v) is 5.67. The first-order valence-electron chi connectivity index (χ1n) is 10.7. The Morgan fingerprint density at radius 3 is 2.39 bits per heavy atom. The number of benzene rings is 2. The van der Waals surface area contributed by atoms with Crippen molar-refractivity contribution in [3.05, 3.63) is 83.4 Å². The highest BCUT2D eigenvalue weighted by Gasteiger charge is 2.53. The Morgan fingerprint density at radius 2 is 1.64 bits per heavy atom. The second-order valence-electron chi connectivity index (χ2n) is 8.65. The summed E-state index contributed by atoms with van der Waals surface area (Å²) < 4.78 is 0. The highest BCUT2D eigenvalue weighted by Crippen LogP contribution is 2.53. The molecule has 0 unspecified atom stereocenters. The van der Waals surface area contributed by atoms with E-state index in [0.29, 0.717) is 0 Å². The van der Waals surface area contributed by atoms with Crippen molar-refractivity contribution in [1.29, 1.82) is 0 Å². The number of hydrogen-bond acceptors (Lipinski definition) is 3. The SMILES string of the molecule is O[C@H]1[C@H](N2CC=CCC2)c2ccccc2C12CCN(Cc1ccccc1)CC2. The zero-order valence-electron chi connectivity index (χ0n) is 16.5. The molecule has 28 heavy (non-hydrogen) atoms. The Kier molecular flexibility index (Phi) is 4.83. The molecule has 0 aromatic heterocycles. The van der Waals surface area contributed by atoms with Crippen LogP contribution in [0.1, 0.15) is 42.0 Å². The fraction of sp³-hybridized carbons (Fsp3) is 0.440. The Morgan fingerprint density at radius 1 is 0.893 bits per heavy atom. The van der Waals surface area contributed by atoms with Crippen LogP contribution in [0.4, 0.5) is 0 Å². The third kappa shape index (κ3) is 3.02. The minimum absolute atomic E-state index is 0.0877. The maximum absolute atomic E-state index is 11.6. The van der Waals surface area contributed by atoms with Crippen molar-refractivity contribution in [2.24, 2.45) is 0 Å². The van der Waals surface area contributed by atoms with Gasteiger partial charge in [-0.25, -0.2) is 0 Å². The zero-order chi connectivity index (χ0) is 19.0. The summed E-state index contributed by atoms with van der Waals surface area (Å²) in [7, 11) is 0. The predicted molar refractivity (Wildman–Crippen MR) is 113 cm³/mol. The van der Waals surface area contributed by atoms with E-state index in [9.17, 15) is 5.11 Å². The van der Waals surface area contributed by atoms with Gasteiger partial charge < -0.3 is 5.11 Å². The van der Waals surface area contributed by atoms with Gasteiger partial charge >= 0.3 is 0 Å². The first-order valence-corrected chi connectivity index (χ1v) is 10.7. The largest absolute Gasteiger partial charge is 0.390 e. The summed E-state index contributed by atoms with van der Waals surface area (Å²) in [4.78, 5) is 5.03. The normalized spacial score (nSPS) is 27.2. The van der Waals surface area contributed by atoms with Crippen molar-refractivity contribution in [3.8, 4) is 0 Å². The predicted octanol–water partition coefficient (Wildman–Crippen LogP) is 3.90. The minimum atomic E-state index is -0.310. The topological polar surface area (TPSA) is 26.7 Å². The lowest BCUT2D eigenvalue weighted by Gasteiger charge is -2.44. The second-order valence-corrected chi connectivity index (χ2v) is 8.65. The van der Waals surface area contributed by atoms with Gasteiger partial charge in [0.1, 0.15) is 0 Å². The molecule has 2 heterocycles. The van der Waals surface area contributed by atoms with E-state index in [1.54, 1.807) is 0 Å². The average molecular weight is 375 g/mol. The van der Waals surface area contributed by atoms with Crippen LogP contribution in [-0.4, -0.2) is 47.2 Å². The molecule has 2 aromatic rings. The molecular weight excluding hydrogens is 344 g/mol. The molecule has 1 fully saturated rings. The van der Waals surface area contributed by atoms with Crippen LogP contribution in [0, 0.1) is 0 Å². The molecule has 3 heteroatoms. The Hall–Kier alpha value is -1.94. The molecule has 2 aromatic carbocycles. The van der Waals surface area contributed by atoms with Gasteiger partial charge in [-0.1, -0.05) is 66.7 Å². The number of hydrogen-bond donors (Lipinski definition) is 1. The summed E-state index contributed by atoms with van der Waals surface area (Å²) in [6.45, 7) is 5.10. The van der Waals surface area contributed by atoms with Crippen molar-refractivity contribution in [2.45, 2.75) is 43.4 Å². The number of nitrogens with zero attached hydrogens (tertiary/aromatic N) is 2. The summed E-state index contributed by atoms with van der Waals surface area (Å²) in [5, 5.41) is 11.6. The summed E-state index contributed by atoms with van der Waals surface area (Å²) >= 11 is 0. The van der Waals surface area contributed by atoms with E-state index >= 15 is 0 Å². The van der Waals surface area contributed by atoms with Gasteiger partial charge in [0.2, 0.25) is 0 Å². The van der Waals surface area contributed by atoms with E-state index in [1.165, 1.54) is 16.7 Å². The second kappa shape index (κ2) is 7.47. The first kappa shape index (κ1) is 18.1. The molecule has 2 aliphatic heterocycles. The fourth-order valence-electron chi connectivity index (χ4n) is 5.67. The molecule has 1 spiro atoms.